The normalized spacial score (nSPS) is 18.5. The predicted molar refractivity (Wildman–Crippen MR) is 124 cm³/mol. The molecule has 0 spiro atoms. The van der Waals surface area contributed by atoms with Crippen molar-refractivity contribution in [1.82, 2.24) is 15.0 Å². The summed E-state index contributed by atoms with van der Waals surface area (Å²) in [7, 11) is 1.73. The number of benzene rings is 1. The Balaban J connectivity index is 1.74. The monoisotopic (exact) mass is 429 g/mol. The van der Waals surface area contributed by atoms with Gasteiger partial charge < -0.3 is 20.4 Å². The molecule has 3 aromatic heterocycles. The number of amides is 1. The fourth-order valence-electron chi connectivity index (χ4n) is 4.49. The Labute approximate surface area is 184 Å². The first-order valence-corrected chi connectivity index (χ1v) is 10.5. The molecule has 1 aliphatic rings. The molecule has 1 fully saturated rings. The predicted octanol–water partition coefficient (Wildman–Crippen LogP) is 2.71. The van der Waals surface area contributed by atoms with Gasteiger partial charge in [0.05, 0.1) is 28.2 Å². The number of methoxy groups -OCH3 is 1. The first-order valence-electron chi connectivity index (χ1n) is 10.5. The summed E-state index contributed by atoms with van der Waals surface area (Å²) in [6, 6.07) is 13.1. The number of H-pyrrole nitrogens is 1. The smallest absolute Gasteiger partial charge is 0.268 e. The molecule has 3 N–H and O–H groups in total. The van der Waals surface area contributed by atoms with Crippen LogP contribution in [-0.2, 0) is 4.74 Å². The van der Waals surface area contributed by atoms with Crippen molar-refractivity contribution < 1.29 is 9.53 Å². The summed E-state index contributed by atoms with van der Waals surface area (Å²) in [6.45, 7) is 3.67. The highest BCUT2D eigenvalue weighted by Crippen LogP contribution is 2.35. The molecule has 2 atom stereocenters. The van der Waals surface area contributed by atoms with E-state index >= 15 is 0 Å². The van der Waals surface area contributed by atoms with Crippen LogP contribution in [-0.4, -0.2) is 47.2 Å². The molecule has 8 heteroatoms. The third kappa shape index (κ3) is 3.29. The lowest BCUT2D eigenvalue weighted by Gasteiger charge is -2.22. The topological polar surface area (TPSA) is 114 Å². The van der Waals surface area contributed by atoms with E-state index < -0.39 is 5.91 Å². The van der Waals surface area contributed by atoms with Crippen LogP contribution in [0.15, 0.2) is 53.5 Å². The number of anilines is 1. The Morgan fingerprint density at radius 1 is 1.22 bits per heavy atom. The van der Waals surface area contributed by atoms with Gasteiger partial charge in [0, 0.05) is 49.3 Å². The van der Waals surface area contributed by atoms with Crippen LogP contribution >= 0.6 is 0 Å². The molecule has 0 saturated carbocycles. The molecular weight excluding hydrogens is 406 g/mol. The van der Waals surface area contributed by atoms with Crippen molar-refractivity contribution >= 4 is 33.5 Å². The first-order chi connectivity index (χ1) is 15.5. The highest BCUT2D eigenvalue weighted by Gasteiger charge is 2.32. The number of pyridine rings is 3. The van der Waals surface area contributed by atoms with E-state index in [1.165, 1.54) is 12.3 Å². The van der Waals surface area contributed by atoms with Crippen LogP contribution in [0.1, 0.15) is 17.4 Å². The molecule has 0 radical (unpaired) electrons. The van der Waals surface area contributed by atoms with Gasteiger partial charge >= 0.3 is 0 Å². The number of nitrogens with two attached hydrogens (primary N) is 1. The highest BCUT2D eigenvalue weighted by atomic mass is 16.5. The van der Waals surface area contributed by atoms with Gasteiger partial charge in [-0.05, 0) is 18.2 Å². The zero-order valence-electron chi connectivity index (χ0n) is 17.8. The van der Waals surface area contributed by atoms with Crippen molar-refractivity contribution in [2.24, 2.45) is 11.7 Å². The second-order valence-electron chi connectivity index (χ2n) is 8.20. The molecule has 32 heavy (non-hydrogen) atoms. The van der Waals surface area contributed by atoms with Crippen LogP contribution in [0.4, 0.5) is 5.82 Å². The van der Waals surface area contributed by atoms with Crippen LogP contribution in [0.2, 0.25) is 0 Å². The van der Waals surface area contributed by atoms with Gasteiger partial charge in [0.1, 0.15) is 11.5 Å². The molecule has 8 nitrogen and oxygen atoms in total. The summed E-state index contributed by atoms with van der Waals surface area (Å²) < 4.78 is 5.64. The lowest BCUT2D eigenvalue weighted by Crippen LogP contribution is -2.24. The highest BCUT2D eigenvalue weighted by molar-refractivity contribution is 6.04. The molecule has 162 valence electrons. The number of rotatable bonds is 4. The minimum Gasteiger partial charge on any atom is -0.379 e. The van der Waals surface area contributed by atoms with E-state index in [1.54, 1.807) is 13.2 Å². The van der Waals surface area contributed by atoms with Crippen molar-refractivity contribution in [2.45, 2.75) is 13.0 Å². The molecule has 1 aromatic carbocycles. The van der Waals surface area contributed by atoms with E-state index in [0.717, 1.165) is 28.8 Å². The maximum atomic E-state index is 13.0. The summed E-state index contributed by atoms with van der Waals surface area (Å²) in [5.41, 5.74) is 7.87. The van der Waals surface area contributed by atoms with Gasteiger partial charge in [0.15, 0.2) is 5.43 Å². The fraction of sp³-hybridized carbons (Fsp3) is 0.250. The number of fused-ring (bicyclic) bond motifs is 2. The van der Waals surface area contributed by atoms with E-state index in [0.29, 0.717) is 23.7 Å². The number of hydrogen-bond donors (Lipinski definition) is 2. The molecule has 4 heterocycles. The molecule has 1 saturated heterocycles. The van der Waals surface area contributed by atoms with E-state index in [2.05, 4.69) is 21.8 Å². The minimum absolute atomic E-state index is 0.0385. The summed E-state index contributed by atoms with van der Waals surface area (Å²) >= 11 is 0. The van der Waals surface area contributed by atoms with Crippen LogP contribution in [0, 0.1) is 5.92 Å². The summed E-state index contributed by atoms with van der Waals surface area (Å²) in [5, 5.41) is 1.16. The van der Waals surface area contributed by atoms with Crippen molar-refractivity contribution in [3.05, 3.63) is 64.6 Å². The number of nitrogens with zero attached hydrogens (tertiary/aromatic N) is 3. The van der Waals surface area contributed by atoms with Gasteiger partial charge in [-0.25, -0.2) is 4.98 Å². The number of ether oxygens (including phenoxy) is 1. The third-order valence-electron chi connectivity index (χ3n) is 6.12. The van der Waals surface area contributed by atoms with Crippen LogP contribution in [0.5, 0.6) is 0 Å². The van der Waals surface area contributed by atoms with Crippen molar-refractivity contribution in [3.8, 4) is 11.3 Å². The number of nitrogens with one attached hydrogen (secondary N) is 1. The van der Waals surface area contributed by atoms with Crippen molar-refractivity contribution in [1.29, 1.82) is 0 Å². The zero-order chi connectivity index (χ0) is 22.4. The molecule has 4 aromatic rings. The number of aromatic amines is 1. The number of hydrogen-bond acceptors (Lipinski definition) is 6. The number of carbonyl (C=O) groups is 1. The molecule has 0 bridgehead atoms. The number of aromatic nitrogens is 3. The molecule has 2 unspecified atom stereocenters. The van der Waals surface area contributed by atoms with Gasteiger partial charge in [-0.15, -0.1) is 0 Å². The van der Waals surface area contributed by atoms with Gasteiger partial charge in [-0.1, -0.05) is 25.1 Å². The average molecular weight is 429 g/mol. The molecule has 1 aliphatic heterocycles. The summed E-state index contributed by atoms with van der Waals surface area (Å²) in [6.07, 6.45) is 1.57. The van der Waals surface area contributed by atoms with E-state index in [4.69, 9.17) is 15.5 Å². The standard InChI is InChI=1S/C24H23N5O3/c1-13-11-29(12-20(13)32-2)24-15(9-14-5-3-4-6-16(14)28-24)18-10-19(30)21-17(27-18)7-8-26-22(21)23(25)31/h3-10,13,20H,11-12H2,1-2H3,(H2,25,31)(H,27,30). The second-order valence-corrected chi connectivity index (χ2v) is 8.20. The number of primary amides is 1. The van der Waals surface area contributed by atoms with E-state index in [-0.39, 0.29) is 22.6 Å². The van der Waals surface area contributed by atoms with Crippen LogP contribution in [0.25, 0.3) is 33.1 Å². The van der Waals surface area contributed by atoms with E-state index in [9.17, 15) is 9.59 Å². The lowest BCUT2D eigenvalue weighted by atomic mass is 10.1. The molecule has 5 rings (SSSR count). The molecular formula is C24H23N5O3. The Morgan fingerprint density at radius 2 is 2.03 bits per heavy atom. The summed E-state index contributed by atoms with van der Waals surface area (Å²) in [4.78, 5) is 39.2. The number of carbonyl (C=O) groups excluding carboxylic acids is 1. The zero-order valence-corrected chi connectivity index (χ0v) is 17.8. The maximum absolute atomic E-state index is 13.0. The maximum Gasteiger partial charge on any atom is 0.268 e. The van der Waals surface area contributed by atoms with Crippen molar-refractivity contribution in [3.63, 3.8) is 0 Å². The Morgan fingerprint density at radius 3 is 2.78 bits per heavy atom. The van der Waals surface area contributed by atoms with Gasteiger partial charge in [0.25, 0.3) is 5.91 Å². The Kier molecular flexibility index (Phi) is 4.86. The Bertz CT molecular complexity index is 1410. The summed E-state index contributed by atoms with van der Waals surface area (Å²) in [5.74, 6) is 0.397. The van der Waals surface area contributed by atoms with Gasteiger partial charge in [0.2, 0.25) is 0 Å². The number of para-hydroxylation sites is 1. The largest absolute Gasteiger partial charge is 0.379 e. The van der Waals surface area contributed by atoms with Crippen molar-refractivity contribution in [2.75, 3.05) is 25.1 Å². The SMILES string of the molecule is COC1CN(c2nc3ccccc3cc2-c2cc(=O)c3c(C(N)=O)nccc3[nH]2)CC1C. The quantitative estimate of drug-likeness (QED) is 0.516. The van der Waals surface area contributed by atoms with E-state index in [1.807, 2.05) is 30.3 Å². The Hall–Kier alpha value is -3.78. The average Bonchev–Trinajstić information content (AvgIpc) is 3.18. The third-order valence-corrected chi connectivity index (χ3v) is 6.12. The fourth-order valence-corrected chi connectivity index (χ4v) is 4.49. The lowest BCUT2D eigenvalue weighted by molar-refractivity contribution is 0.0899. The minimum atomic E-state index is -0.737. The van der Waals surface area contributed by atoms with Gasteiger partial charge in [-0.3, -0.25) is 14.6 Å². The second kappa shape index (κ2) is 7.72. The van der Waals surface area contributed by atoms with Crippen LogP contribution in [0.3, 0.4) is 0 Å². The molecule has 1 amide bonds. The molecule has 0 aliphatic carbocycles. The van der Waals surface area contributed by atoms with Gasteiger partial charge in [-0.2, -0.15) is 0 Å². The van der Waals surface area contributed by atoms with Crippen LogP contribution < -0.4 is 16.1 Å². The first kappa shape index (κ1) is 20.1.